The summed E-state index contributed by atoms with van der Waals surface area (Å²) in [6.45, 7) is 2.99. The van der Waals surface area contributed by atoms with Gasteiger partial charge in [-0.15, -0.1) is 0 Å². The van der Waals surface area contributed by atoms with Gasteiger partial charge in [-0.05, 0) is 72.2 Å². The van der Waals surface area contributed by atoms with Gasteiger partial charge >= 0.3 is 0 Å². The van der Waals surface area contributed by atoms with Gasteiger partial charge < -0.3 is 10.2 Å². The highest BCUT2D eigenvalue weighted by atomic mass is 127. The van der Waals surface area contributed by atoms with Crippen LogP contribution in [-0.4, -0.2) is 29.8 Å². The molecular formula is C21H27ClFIN2O2. The first-order valence-corrected chi connectivity index (χ1v) is 11.5. The van der Waals surface area contributed by atoms with Crippen LogP contribution in [0.1, 0.15) is 57.4 Å². The lowest BCUT2D eigenvalue weighted by atomic mass is 9.89. The van der Waals surface area contributed by atoms with E-state index >= 15 is 0 Å². The number of amides is 2. The number of carbonyl (C=O) groups excluding carboxylic acids is 2. The SMILES string of the molecule is CC(=O)N1CCC(CC(=O)N[C@](I)(c2ccc(Cl)cc2F)C2CCCC2)CC1. The van der Waals surface area contributed by atoms with E-state index in [4.69, 9.17) is 11.6 Å². The number of hydrogen-bond donors (Lipinski definition) is 1. The number of nitrogens with one attached hydrogen (secondary N) is 1. The highest BCUT2D eigenvalue weighted by Crippen LogP contribution is 2.46. The standard InChI is InChI=1S/C21H27ClFIN2O2/c1-14(27)26-10-8-15(9-11-26)12-20(28)25-21(24,16-4-2-3-5-16)18-7-6-17(22)13-19(18)23/h6-7,13,15-16H,2-5,8-12H2,1H3,(H,25,28)/t21-/m0/s1. The molecule has 1 saturated heterocycles. The van der Waals surface area contributed by atoms with Crippen molar-refractivity contribution >= 4 is 46.0 Å². The predicted octanol–water partition coefficient (Wildman–Crippen LogP) is 5.02. The van der Waals surface area contributed by atoms with Crippen LogP contribution < -0.4 is 5.32 Å². The van der Waals surface area contributed by atoms with Crippen LogP contribution in [0.3, 0.4) is 0 Å². The molecule has 154 valence electrons. The Morgan fingerprint density at radius 1 is 1.25 bits per heavy atom. The molecule has 1 aromatic rings. The molecule has 0 radical (unpaired) electrons. The second-order valence-corrected chi connectivity index (χ2v) is 10.2. The van der Waals surface area contributed by atoms with E-state index < -0.39 is 3.55 Å². The van der Waals surface area contributed by atoms with Crippen molar-refractivity contribution in [1.82, 2.24) is 10.2 Å². The molecule has 7 heteroatoms. The van der Waals surface area contributed by atoms with E-state index in [9.17, 15) is 14.0 Å². The molecule has 0 unspecified atom stereocenters. The molecule has 1 saturated carbocycles. The molecule has 1 atom stereocenters. The van der Waals surface area contributed by atoms with Gasteiger partial charge in [-0.1, -0.05) is 30.5 Å². The monoisotopic (exact) mass is 520 g/mol. The van der Waals surface area contributed by atoms with Crippen LogP contribution in [0.25, 0.3) is 0 Å². The fourth-order valence-electron chi connectivity index (χ4n) is 4.47. The maximum absolute atomic E-state index is 14.7. The first-order chi connectivity index (χ1) is 13.3. The van der Waals surface area contributed by atoms with Gasteiger partial charge in [0.15, 0.2) is 0 Å². The highest BCUT2D eigenvalue weighted by molar-refractivity contribution is 14.1. The van der Waals surface area contributed by atoms with E-state index in [0.29, 0.717) is 30.1 Å². The first kappa shape index (κ1) is 21.8. The van der Waals surface area contributed by atoms with Crippen molar-refractivity contribution in [2.75, 3.05) is 13.1 Å². The van der Waals surface area contributed by atoms with Crippen LogP contribution in [0.5, 0.6) is 0 Å². The molecule has 2 amide bonds. The predicted molar refractivity (Wildman–Crippen MR) is 117 cm³/mol. The van der Waals surface area contributed by atoms with Gasteiger partial charge in [0.25, 0.3) is 0 Å². The Morgan fingerprint density at radius 2 is 1.89 bits per heavy atom. The summed E-state index contributed by atoms with van der Waals surface area (Å²) in [5, 5.41) is 3.53. The van der Waals surface area contributed by atoms with Gasteiger partial charge in [-0.25, -0.2) is 4.39 Å². The largest absolute Gasteiger partial charge is 0.343 e. The molecule has 0 aromatic heterocycles. The maximum Gasteiger partial charge on any atom is 0.221 e. The lowest BCUT2D eigenvalue weighted by molar-refractivity contribution is -0.130. The third kappa shape index (κ3) is 4.99. The third-order valence-corrected chi connectivity index (χ3v) is 8.06. The van der Waals surface area contributed by atoms with Crippen molar-refractivity contribution < 1.29 is 14.0 Å². The summed E-state index contributed by atoms with van der Waals surface area (Å²) in [6, 6.07) is 4.71. The third-order valence-electron chi connectivity index (χ3n) is 6.10. The summed E-state index contributed by atoms with van der Waals surface area (Å²) in [6.07, 6.45) is 6.23. The zero-order chi connectivity index (χ0) is 20.3. The molecule has 1 N–H and O–H groups in total. The van der Waals surface area contributed by atoms with Gasteiger partial charge in [0.05, 0.1) is 0 Å². The van der Waals surface area contributed by atoms with Crippen molar-refractivity contribution in [2.45, 2.75) is 55.4 Å². The molecule has 1 aliphatic heterocycles. The second kappa shape index (κ2) is 9.28. The molecule has 1 aromatic carbocycles. The lowest BCUT2D eigenvalue weighted by Gasteiger charge is -2.37. The minimum absolute atomic E-state index is 0.0445. The van der Waals surface area contributed by atoms with Crippen LogP contribution in [0.2, 0.25) is 5.02 Å². The number of hydrogen-bond acceptors (Lipinski definition) is 2. The number of halogens is 3. The topological polar surface area (TPSA) is 49.4 Å². The molecule has 3 rings (SSSR count). The van der Waals surface area contributed by atoms with E-state index in [2.05, 4.69) is 27.9 Å². The van der Waals surface area contributed by atoms with Crippen molar-refractivity contribution in [3.63, 3.8) is 0 Å². The lowest BCUT2D eigenvalue weighted by Crippen LogP contribution is -2.47. The number of benzene rings is 1. The summed E-state index contributed by atoms with van der Waals surface area (Å²) in [5.41, 5.74) is 0.504. The fraction of sp³-hybridized carbons (Fsp3) is 0.619. The van der Waals surface area contributed by atoms with E-state index in [1.807, 2.05) is 4.90 Å². The summed E-state index contributed by atoms with van der Waals surface area (Å²) >= 11 is 8.17. The molecule has 1 aliphatic carbocycles. The number of alkyl halides is 1. The number of piperidine rings is 1. The molecule has 28 heavy (non-hydrogen) atoms. The van der Waals surface area contributed by atoms with Gasteiger partial charge in [0.1, 0.15) is 9.36 Å². The van der Waals surface area contributed by atoms with Gasteiger partial charge in [-0.3, -0.25) is 9.59 Å². The number of nitrogens with zero attached hydrogens (tertiary/aromatic N) is 1. The molecule has 4 nitrogen and oxygen atoms in total. The minimum Gasteiger partial charge on any atom is -0.343 e. The van der Waals surface area contributed by atoms with E-state index in [-0.39, 0.29) is 29.5 Å². The Kier molecular flexibility index (Phi) is 7.23. The number of likely N-dealkylation sites (tertiary alicyclic amines) is 1. The Balaban J connectivity index is 1.71. The van der Waals surface area contributed by atoms with Crippen LogP contribution in [0.15, 0.2) is 18.2 Å². The summed E-state index contributed by atoms with van der Waals surface area (Å²) < 4.78 is 14.0. The molecule has 2 aliphatic rings. The zero-order valence-corrected chi connectivity index (χ0v) is 19.1. The quantitative estimate of drug-likeness (QED) is 0.337. The van der Waals surface area contributed by atoms with Gasteiger partial charge in [-0.2, -0.15) is 0 Å². The van der Waals surface area contributed by atoms with E-state index in [1.54, 1.807) is 19.1 Å². The molecule has 2 fully saturated rings. The van der Waals surface area contributed by atoms with Crippen LogP contribution in [-0.2, 0) is 13.1 Å². The average Bonchev–Trinajstić information content (AvgIpc) is 3.17. The maximum atomic E-state index is 14.7. The molecule has 1 heterocycles. The summed E-state index contributed by atoms with van der Waals surface area (Å²) in [7, 11) is 0. The zero-order valence-electron chi connectivity index (χ0n) is 16.1. The Morgan fingerprint density at radius 3 is 2.46 bits per heavy atom. The highest BCUT2D eigenvalue weighted by Gasteiger charge is 2.42. The smallest absolute Gasteiger partial charge is 0.221 e. The second-order valence-electron chi connectivity index (χ2n) is 8.02. The molecular weight excluding hydrogens is 494 g/mol. The van der Waals surface area contributed by atoms with Crippen LogP contribution >= 0.6 is 34.2 Å². The van der Waals surface area contributed by atoms with Crippen molar-refractivity contribution in [3.05, 3.63) is 34.6 Å². The Hall–Kier alpha value is -0.890. The average molecular weight is 521 g/mol. The molecule has 0 bridgehead atoms. The summed E-state index contributed by atoms with van der Waals surface area (Å²) in [5.74, 6) is 0.136. The fourth-order valence-corrected chi connectivity index (χ4v) is 5.99. The number of rotatable bonds is 5. The normalized spacial score (nSPS) is 20.8. The summed E-state index contributed by atoms with van der Waals surface area (Å²) in [4.78, 5) is 26.2. The van der Waals surface area contributed by atoms with E-state index in [1.165, 1.54) is 6.07 Å². The van der Waals surface area contributed by atoms with Crippen molar-refractivity contribution in [2.24, 2.45) is 11.8 Å². The van der Waals surface area contributed by atoms with Crippen molar-refractivity contribution in [3.8, 4) is 0 Å². The first-order valence-electron chi connectivity index (χ1n) is 10.0. The van der Waals surface area contributed by atoms with E-state index in [0.717, 1.165) is 38.5 Å². The van der Waals surface area contributed by atoms with Crippen molar-refractivity contribution in [1.29, 1.82) is 0 Å². The Labute approximate surface area is 184 Å². The Bertz CT molecular complexity index is 733. The molecule has 0 spiro atoms. The van der Waals surface area contributed by atoms with Crippen LogP contribution in [0.4, 0.5) is 4.39 Å². The minimum atomic E-state index is -0.764. The van der Waals surface area contributed by atoms with Gasteiger partial charge in [0, 0.05) is 37.0 Å². The van der Waals surface area contributed by atoms with Gasteiger partial charge in [0.2, 0.25) is 11.8 Å². The number of carbonyl (C=O) groups is 2. The van der Waals surface area contributed by atoms with Crippen LogP contribution in [0, 0.1) is 17.7 Å².